The van der Waals surface area contributed by atoms with Crippen molar-refractivity contribution in [3.8, 4) is 0 Å². The zero-order chi connectivity index (χ0) is 14.0. The average Bonchev–Trinajstić information content (AvgIpc) is 2.37. The summed E-state index contributed by atoms with van der Waals surface area (Å²) in [6, 6.07) is 7.82. The third kappa shape index (κ3) is 3.12. The first kappa shape index (κ1) is 13.5. The lowest BCUT2D eigenvalue weighted by Crippen LogP contribution is -2.06. The lowest BCUT2D eigenvalue weighted by Gasteiger charge is -2.13. The molecule has 2 nitrogen and oxygen atoms in total. The highest BCUT2D eigenvalue weighted by Gasteiger charge is 2.30. The molecule has 0 spiro atoms. The molecule has 1 N–H and O–H groups in total. The molecule has 0 aliphatic rings. The number of aryl methyl sites for hydroxylation is 1. The lowest BCUT2D eigenvalue weighted by atomic mass is 10.0. The van der Waals surface area contributed by atoms with Gasteiger partial charge in [-0.25, -0.2) is 0 Å². The minimum atomic E-state index is -4.36. The SMILES string of the molecule is Cc1cc(C(O)c2ccc(C(F)(F)F)cc2)ccn1. The summed E-state index contributed by atoms with van der Waals surface area (Å²) in [5, 5.41) is 10.1. The summed E-state index contributed by atoms with van der Waals surface area (Å²) in [5.41, 5.74) is 1.03. The largest absolute Gasteiger partial charge is 0.416 e. The van der Waals surface area contributed by atoms with Crippen LogP contribution in [0.2, 0.25) is 0 Å². The minimum Gasteiger partial charge on any atom is -0.384 e. The lowest BCUT2D eigenvalue weighted by molar-refractivity contribution is -0.137. The van der Waals surface area contributed by atoms with Crippen LogP contribution in [-0.2, 0) is 6.18 Å². The van der Waals surface area contributed by atoms with Crippen molar-refractivity contribution in [2.75, 3.05) is 0 Å². The second-order valence-corrected chi connectivity index (χ2v) is 4.25. The third-order valence-electron chi connectivity index (χ3n) is 2.79. The van der Waals surface area contributed by atoms with Gasteiger partial charge < -0.3 is 5.11 Å². The van der Waals surface area contributed by atoms with Gasteiger partial charge in [-0.1, -0.05) is 12.1 Å². The van der Waals surface area contributed by atoms with Crippen LogP contribution in [0.3, 0.4) is 0 Å². The number of aromatic nitrogens is 1. The van der Waals surface area contributed by atoms with Gasteiger partial charge in [0, 0.05) is 11.9 Å². The van der Waals surface area contributed by atoms with Crippen LogP contribution in [0, 0.1) is 6.92 Å². The molecule has 0 bridgehead atoms. The van der Waals surface area contributed by atoms with Crippen LogP contribution in [0.4, 0.5) is 13.2 Å². The van der Waals surface area contributed by atoms with E-state index in [1.54, 1.807) is 25.3 Å². The number of aliphatic hydroxyl groups is 1. The van der Waals surface area contributed by atoms with Crippen LogP contribution in [0.5, 0.6) is 0 Å². The summed E-state index contributed by atoms with van der Waals surface area (Å²) in [7, 11) is 0. The molecule has 1 heterocycles. The zero-order valence-corrected chi connectivity index (χ0v) is 10.1. The van der Waals surface area contributed by atoms with E-state index in [1.807, 2.05) is 0 Å². The third-order valence-corrected chi connectivity index (χ3v) is 2.79. The number of halogens is 3. The maximum atomic E-state index is 12.4. The number of benzene rings is 1. The van der Waals surface area contributed by atoms with Gasteiger partial charge in [0.05, 0.1) is 5.56 Å². The van der Waals surface area contributed by atoms with Crippen molar-refractivity contribution >= 4 is 0 Å². The molecule has 5 heteroatoms. The second-order valence-electron chi connectivity index (χ2n) is 4.25. The van der Waals surface area contributed by atoms with E-state index in [2.05, 4.69) is 4.98 Å². The molecule has 19 heavy (non-hydrogen) atoms. The van der Waals surface area contributed by atoms with Gasteiger partial charge in [-0.3, -0.25) is 4.98 Å². The normalized spacial score (nSPS) is 13.3. The molecule has 100 valence electrons. The van der Waals surface area contributed by atoms with Crippen molar-refractivity contribution < 1.29 is 18.3 Å². The van der Waals surface area contributed by atoms with E-state index < -0.39 is 17.8 Å². The first-order valence-electron chi connectivity index (χ1n) is 5.66. The van der Waals surface area contributed by atoms with Crippen LogP contribution < -0.4 is 0 Å². The monoisotopic (exact) mass is 267 g/mol. The Balaban J connectivity index is 2.27. The Morgan fingerprint density at radius 3 is 2.21 bits per heavy atom. The predicted molar refractivity (Wildman–Crippen MR) is 64.5 cm³/mol. The summed E-state index contributed by atoms with van der Waals surface area (Å²) in [5.74, 6) is 0. The van der Waals surface area contributed by atoms with Crippen LogP contribution >= 0.6 is 0 Å². The van der Waals surface area contributed by atoms with Crippen LogP contribution in [0.1, 0.15) is 28.5 Å². The smallest absolute Gasteiger partial charge is 0.384 e. The summed E-state index contributed by atoms with van der Waals surface area (Å²) in [4.78, 5) is 4.00. The van der Waals surface area contributed by atoms with Gasteiger partial charge in [0.1, 0.15) is 6.10 Å². The fraction of sp³-hybridized carbons (Fsp3) is 0.214. The molecule has 0 saturated carbocycles. The Hall–Kier alpha value is -1.88. The number of aliphatic hydroxyl groups excluding tert-OH is 1. The Kier molecular flexibility index (Phi) is 3.57. The maximum absolute atomic E-state index is 12.4. The van der Waals surface area contributed by atoms with Crippen molar-refractivity contribution in [2.45, 2.75) is 19.2 Å². The molecule has 1 aromatic heterocycles. The van der Waals surface area contributed by atoms with Gasteiger partial charge in [0.25, 0.3) is 0 Å². The van der Waals surface area contributed by atoms with Crippen molar-refractivity contribution in [3.05, 3.63) is 65.0 Å². The molecule has 0 fully saturated rings. The van der Waals surface area contributed by atoms with Crippen molar-refractivity contribution in [3.63, 3.8) is 0 Å². The first-order chi connectivity index (χ1) is 8.88. The van der Waals surface area contributed by atoms with Gasteiger partial charge in [-0.15, -0.1) is 0 Å². The summed E-state index contributed by atoms with van der Waals surface area (Å²) in [6.07, 6.45) is -3.77. The van der Waals surface area contributed by atoms with Gasteiger partial charge in [-0.05, 0) is 42.3 Å². The summed E-state index contributed by atoms with van der Waals surface area (Å²) < 4.78 is 37.3. The molecule has 2 aromatic rings. The predicted octanol–water partition coefficient (Wildman–Crippen LogP) is 3.49. The van der Waals surface area contributed by atoms with Crippen molar-refractivity contribution in [2.24, 2.45) is 0 Å². The fourth-order valence-electron chi connectivity index (χ4n) is 1.78. The number of hydrogen-bond acceptors (Lipinski definition) is 2. The zero-order valence-electron chi connectivity index (χ0n) is 10.1. The Labute approximate surface area is 108 Å². The summed E-state index contributed by atoms with van der Waals surface area (Å²) in [6.45, 7) is 1.78. The van der Waals surface area contributed by atoms with E-state index in [9.17, 15) is 18.3 Å². The standard InChI is InChI=1S/C14H12F3NO/c1-9-8-11(6-7-18-9)13(19)10-2-4-12(5-3-10)14(15,16)17/h2-8,13,19H,1H3. The average molecular weight is 267 g/mol. The highest BCUT2D eigenvalue weighted by atomic mass is 19.4. The molecule has 0 radical (unpaired) electrons. The van der Waals surface area contributed by atoms with Gasteiger partial charge in [0.15, 0.2) is 0 Å². The number of pyridine rings is 1. The Morgan fingerprint density at radius 1 is 1.05 bits per heavy atom. The molecule has 1 atom stereocenters. The van der Waals surface area contributed by atoms with Crippen LogP contribution in [0.25, 0.3) is 0 Å². The highest BCUT2D eigenvalue weighted by Crippen LogP contribution is 2.30. The molecule has 1 unspecified atom stereocenters. The van der Waals surface area contributed by atoms with E-state index in [1.165, 1.54) is 12.1 Å². The Bertz CT molecular complexity index is 564. The quantitative estimate of drug-likeness (QED) is 0.903. The van der Waals surface area contributed by atoms with E-state index in [0.717, 1.165) is 17.8 Å². The summed E-state index contributed by atoms with van der Waals surface area (Å²) >= 11 is 0. The first-order valence-corrected chi connectivity index (χ1v) is 5.66. The molecule has 0 amide bonds. The number of rotatable bonds is 2. The molecular weight excluding hydrogens is 255 g/mol. The van der Waals surface area contributed by atoms with Crippen molar-refractivity contribution in [1.29, 1.82) is 0 Å². The van der Waals surface area contributed by atoms with Gasteiger partial charge in [-0.2, -0.15) is 13.2 Å². The Morgan fingerprint density at radius 2 is 1.68 bits per heavy atom. The van der Waals surface area contributed by atoms with E-state index in [4.69, 9.17) is 0 Å². The second kappa shape index (κ2) is 5.01. The molecule has 0 aliphatic carbocycles. The topological polar surface area (TPSA) is 33.1 Å². The number of alkyl halides is 3. The van der Waals surface area contributed by atoms with E-state index in [0.29, 0.717) is 11.1 Å². The highest BCUT2D eigenvalue weighted by molar-refractivity contribution is 5.32. The fourth-order valence-corrected chi connectivity index (χ4v) is 1.78. The molecular formula is C14H12F3NO. The van der Waals surface area contributed by atoms with Gasteiger partial charge >= 0.3 is 6.18 Å². The maximum Gasteiger partial charge on any atom is 0.416 e. The molecule has 0 saturated heterocycles. The van der Waals surface area contributed by atoms with E-state index in [-0.39, 0.29) is 0 Å². The molecule has 2 rings (SSSR count). The molecule has 0 aliphatic heterocycles. The number of hydrogen-bond donors (Lipinski definition) is 1. The molecule has 1 aromatic carbocycles. The van der Waals surface area contributed by atoms with Crippen LogP contribution in [0.15, 0.2) is 42.6 Å². The van der Waals surface area contributed by atoms with Gasteiger partial charge in [0.2, 0.25) is 0 Å². The van der Waals surface area contributed by atoms with Crippen LogP contribution in [-0.4, -0.2) is 10.1 Å². The van der Waals surface area contributed by atoms with Crippen molar-refractivity contribution in [1.82, 2.24) is 4.98 Å². The van der Waals surface area contributed by atoms with E-state index >= 15 is 0 Å². The minimum absolute atomic E-state index is 0.415. The number of nitrogens with zero attached hydrogens (tertiary/aromatic N) is 1.